The Bertz CT molecular complexity index is 510. The first-order valence-electron chi connectivity index (χ1n) is 7.17. The van der Waals surface area contributed by atoms with E-state index in [1.807, 2.05) is 0 Å². The summed E-state index contributed by atoms with van der Waals surface area (Å²) in [5.41, 5.74) is 0.228. The molecule has 0 N–H and O–H groups in total. The molecule has 1 heterocycles. The van der Waals surface area contributed by atoms with E-state index in [1.54, 1.807) is 0 Å². The molecule has 3 fully saturated rings. The molecule has 0 spiro atoms. The maximum absolute atomic E-state index is 11.8. The van der Waals surface area contributed by atoms with Gasteiger partial charge in [0.15, 0.2) is 6.61 Å². The molecule has 1 aliphatic heterocycles. The van der Waals surface area contributed by atoms with E-state index in [1.165, 1.54) is 6.92 Å². The molecule has 0 aromatic carbocycles. The molecule has 2 saturated carbocycles. The van der Waals surface area contributed by atoms with E-state index in [0.29, 0.717) is 18.3 Å². The Hall–Kier alpha value is -1.85. The molecule has 5 unspecified atom stereocenters. The lowest BCUT2D eigenvalue weighted by Gasteiger charge is -2.38. The van der Waals surface area contributed by atoms with Gasteiger partial charge in [0.2, 0.25) is 0 Å². The number of esters is 3. The Morgan fingerprint density at radius 3 is 2.81 bits per heavy atom. The molecule has 114 valence electrons. The predicted octanol–water partition coefficient (Wildman–Crippen LogP) is 0.989. The van der Waals surface area contributed by atoms with Crippen LogP contribution in [0.2, 0.25) is 0 Å². The fourth-order valence-electron chi connectivity index (χ4n) is 3.78. The van der Waals surface area contributed by atoms with Gasteiger partial charge in [0.05, 0.1) is 0 Å². The van der Waals surface area contributed by atoms with Crippen molar-refractivity contribution in [3.8, 4) is 0 Å². The fourth-order valence-corrected chi connectivity index (χ4v) is 3.78. The van der Waals surface area contributed by atoms with Crippen molar-refractivity contribution < 1.29 is 28.6 Å². The average molecular weight is 294 g/mol. The van der Waals surface area contributed by atoms with Gasteiger partial charge in [-0.15, -0.1) is 0 Å². The maximum atomic E-state index is 11.8. The van der Waals surface area contributed by atoms with Crippen LogP contribution in [0, 0.1) is 17.8 Å². The minimum atomic E-state index is -0.621. The number of fused-ring (bicyclic) bond motifs is 1. The Balaban J connectivity index is 1.56. The average Bonchev–Trinajstić information content (AvgIpc) is 2.96. The van der Waals surface area contributed by atoms with Gasteiger partial charge < -0.3 is 14.2 Å². The van der Waals surface area contributed by atoms with E-state index in [0.717, 1.165) is 12.8 Å². The summed E-state index contributed by atoms with van der Waals surface area (Å²) in [7, 11) is 0. The second-order valence-corrected chi connectivity index (χ2v) is 6.12. The first-order valence-corrected chi connectivity index (χ1v) is 7.17. The Kier molecular flexibility index (Phi) is 3.47. The summed E-state index contributed by atoms with van der Waals surface area (Å²) in [5, 5.41) is 0. The topological polar surface area (TPSA) is 78.9 Å². The van der Waals surface area contributed by atoms with Crippen molar-refractivity contribution in [2.75, 3.05) is 6.61 Å². The van der Waals surface area contributed by atoms with Gasteiger partial charge in [-0.2, -0.15) is 0 Å². The number of carbonyl (C=O) groups is 3. The van der Waals surface area contributed by atoms with Gasteiger partial charge in [-0.3, -0.25) is 4.79 Å². The quantitative estimate of drug-likeness (QED) is 0.437. The summed E-state index contributed by atoms with van der Waals surface area (Å²) in [6.45, 7) is 4.50. The highest BCUT2D eigenvalue weighted by Gasteiger charge is 2.59. The predicted molar refractivity (Wildman–Crippen MR) is 69.9 cm³/mol. The highest BCUT2D eigenvalue weighted by molar-refractivity contribution is 5.88. The summed E-state index contributed by atoms with van der Waals surface area (Å²) in [4.78, 5) is 34.5. The van der Waals surface area contributed by atoms with E-state index < -0.39 is 24.6 Å². The van der Waals surface area contributed by atoms with Gasteiger partial charge in [0.25, 0.3) is 0 Å². The Morgan fingerprint density at radius 1 is 1.33 bits per heavy atom. The van der Waals surface area contributed by atoms with Gasteiger partial charge in [0.1, 0.15) is 12.2 Å². The van der Waals surface area contributed by atoms with E-state index in [4.69, 9.17) is 14.2 Å². The van der Waals surface area contributed by atoms with Crippen molar-refractivity contribution >= 4 is 17.9 Å². The number of hydrogen-bond donors (Lipinski definition) is 0. The second kappa shape index (κ2) is 5.16. The maximum Gasteiger partial charge on any atom is 0.344 e. The standard InChI is InChI=1S/C15H18O6/c1-7(2)15(18)19-6-12(17)21-13-9-3-8-5-11(16)20-14(13)10(8)4-9/h8-10,13-14H,1,3-6H2,2H3. The number of rotatable bonds is 4. The zero-order chi connectivity index (χ0) is 15.1. The monoisotopic (exact) mass is 294 g/mol. The van der Waals surface area contributed by atoms with Gasteiger partial charge in [0, 0.05) is 23.8 Å². The third-order valence-electron chi connectivity index (χ3n) is 4.63. The van der Waals surface area contributed by atoms with Crippen LogP contribution in [0.1, 0.15) is 26.2 Å². The Morgan fingerprint density at radius 2 is 2.10 bits per heavy atom. The molecule has 0 radical (unpaired) electrons. The lowest BCUT2D eigenvalue weighted by Crippen LogP contribution is -2.47. The number of hydrogen-bond acceptors (Lipinski definition) is 6. The zero-order valence-corrected chi connectivity index (χ0v) is 11.9. The van der Waals surface area contributed by atoms with Crippen molar-refractivity contribution in [1.29, 1.82) is 0 Å². The molecule has 0 amide bonds. The molecular formula is C15H18O6. The van der Waals surface area contributed by atoms with E-state index in [2.05, 4.69) is 6.58 Å². The van der Waals surface area contributed by atoms with E-state index in [-0.39, 0.29) is 23.6 Å². The van der Waals surface area contributed by atoms with Crippen LogP contribution >= 0.6 is 0 Å². The first kappa shape index (κ1) is 14.1. The van der Waals surface area contributed by atoms with Crippen LogP contribution in [-0.2, 0) is 28.6 Å². The van der Waals surface area contributed by atoms with Crippen molar-refractivity contribution in [3.63, 3.8) is 0 Å². The minimum absolute atomic E-state index is 0.212. The molecule has 1 saturated heterocycles. The minimum Gasteiger partial charge on any atom is -0.458 e. The SMILES string of the molecule is C=C(C)C(=O)OCC(=O)OC1C2CC3CC(=O)OC1C3C2. The largest absolute Gasteiger partial charge is 0.458 e. The third-order valence-corrected chi connectivity index (χ3v) is 4.63. The molecule has 0 aromatic heterocycles. The van der Waals surface area contributed by atoms with Gasteiger partial charge in [-0.1, -0.05) is 6.58 Å². The van der Waals surface area contributed by atoms with Crippen molar-refractivity contribution in [3.05, 3.63) is 12.2 Å². The molecule has 2 aliphatic carbocycles. The number of ether oxygens (including phenoxy) is 3. The van der Waals surface area contributed by atoms with Gasteiger partial charge >= 0.3 is 17.9 Å². The highest BCUT2D eigenvalue weighted by atomic mass is 16.6. The molecule has 3 aliphatic rings. The molecule has 21 heavy (non-hydrogen) atoms. The molecule has 6 heteroatoms. The van der Waals surface area contributed by atoms with Crippen LogP contribution < -0.4 is 0 Å². The van der Waals surface area contributed by atoms with Crippen LogP contribution in [0.5, 0.6) is 0 Å². The number of carbonyl (C=O) groups excluding carboxylic acids is 3. The van der Waals surface area contributed by atoms with Crippen LogP contribution in [-0.4, -0.2) is 36.7 Å². The van der Waals surface area contributed by atoms with Crippen LogP contribution in [0.15, 0.2) is 12.2 Å². The summed E-state index contributed by atoms with van der Waals surface area (Å²) in [6.07, 6.45) is 1.60. The molecule has 5 atom stereocenters. The van der Waals surface area contributed by atoms with Gasteiger partial charge in [-0.25, -0.2) is 9.59 Å². The lowest BCUT2D eigenvalue weighted by molar-refractivity contribution is -0.187. The lowest BCUT2D eigenvalue weighted by atomic mass is 9.81. The van der Waals surface area contributed by atoms with E-state index >= 15 is 0 Å². The normalized spacial score (nSPS) is 36.0. The molecule has 0 aromatic rings. The molecule has 3 rings (SSSR count). The smallest absolute Gasteiger partial charge is 0.344 e. The van der Waals surface area contributed by atoms with Crippen molar-refractivity contribution in [2.45, 2.75) is 38.4 Å². The Labute approximate surface area is 122 Å². The fraction of sp³-hybridized carbons (Fsp3) is 0.667. The van der Waals surface area contributed by atoms with Crippen LogP contribution in [0.3, 0.4) is 0 Å². The zero-order valence-electron chi connectivity index (χ0n) is 11.9. The van der Waals surface area contributed by atoms with Crippen LogP contribution in [0.4, 0.5) is 0 Å². The molecule has 2 bridgehead atoms. The third kappa shape index (κ3) is 2.54. The van der Waals surface area contributed by atoms with Crippen molar-refractivity contribution in [1.82, 2.24) is 0 Å². The summed E-state index contributed by atoms with van der Waals surface area (Å²) >= 11 is 0. The first-order chi connectivity index (χ1) is 9.95. The summed E-state index contributed by atoms with van der Waals surface area (Å²) in [5.74, 6) is -0.513. The molecular weight excluding hydrogens is 276 g/mol. The summed E-state index contributed by atoms with van der Waals surface area (Å²) in [6, 6.07) is 0. The van der Waals surface area contributed by atoms with Crippen molar-refractivity contribution in [2.24, 2.45) is 17.8 Å². The highest BCUT2D eigenvalue weighted by Crippen LogP contribution is 2.54. The van der Waals surface area contributed by atoms with E-state index in [9.17, 15) is 14.4 Å². The van der Waals surface area contributed by atoms with Crippen LogP contribution in [0.25, 0.3) is 0 Å². The second-order valence-electron chi connectivity index (χ2n) is 6.12. The summed E-state index contributed by atoms with van der Waals surface area (Å²) < 4.78 is 15.5. The molecule has 6 nitrogen and oxygen atoms in total. The van der Waals surface area contributed by atoms with Gasteiger partial charge in [-0.05, 0) is 25.7 Å².